The van der Waals surface area contributed by atoms with Crippen molar-refractivity contribution in [2.45, 2.75) is 0 Å². The van der Waals surface area contributed by atoms with Crippen LogP contribution in [-0.4, -0.2) is 10.2 Å². The Balaban J connectivity index is 2.40. The van der Waals surface area contributed by atoms with Crippen LogP contribution in [-0.2, 0) is 0 Å². The highest BCUT2D eigenvalue weighted by Gasteiger charge is 2.05. The Labute approximate surface area is 83.5 Å². The summed E-state index contributed by atoms with van der Waals surface area (Å²) in [5.74, 6) is -0.293. The van der Waals surface area contributed by atoms with E-state index in [4.69, 9.17) is 5.26 Å². The highest BCUT2D eigenvalue weighted by atomic mass is 32.1. The fraction of sp³-hybridized carbons (Fsp3) is 0. The molecule has 1 aromatic heterocycles. The normalized spacial score (nSPS) is 9.71. The second-order valence-electron chi connectivity index (χ2n) is 2.53. The molecule has 0 saturated heterocycles. The first kappa shape index (κ1) is 8.78. The van der Waals surface area contributed by atoms with Crippen LogP contribution in [0.15, 0.2) is 24.3 Å². The topological polar surface area (TPSA) is 49.6 Å². The lowest BCUT2D eigenvalue weighted by atomic mass is 10.2. The summed E-state index contributed by atoms with van der Waals surface area (Å²) in [6, 6.07) is 7.82. The van der Waals surface area contributed by atoms with Gasteiger partial charge in [0.15, 0.2) is 0 Å². The van der Waals surface area contributed by atoms with E-state index in [1.165, 1.54) is 23.5 Å². The number of nitriles is 1. The van der Waals surface area contributed by atoms with Crippen LogP contribution in [0.3, 0.4) is 0 Å². The summed E-state index contributed by atoms with van der Waals surface area (Å²) in [6.45, 7) is 0. The largest absolute Gasteiger partial charge is 0.218 e. The molecule has 14 heavy (non-hydrogen) atoms. The molecule has 0 bridgehead atoms. The van der Waals surface area contributed by atoms with Gasteiger partial charge in [0.25, 0.3) is 0 Å². The number of rotatable bonds is 1. The molecule has 1 heterocycles. The SMILES string of the molecule is N#Cc1nnc(-c2ccc(F)cc2)s1. The zero-order chi connectivity index (χ0) is 9.97. The molecule has 0 unspecified atom stereocenters. The monoisotopic (exact) mass is 205 g/mol. The third-order valence-electron chi connectivity index (χ3n) is 1.61. The molecule has 5 heteroatoms. The summed E-state index contributed by atoms with van der Waals surface area (Å²) in [7, 11) is 0. The predicted octanol–water partition coefficient (Wildman–Crippen LogP) is 2.22. The van der Waals surface area contributed by atoms with Gasteiger partial charge in [-0.2, -0.15) is 5.26 Å². The van der Waals surface area contributed by atoms with E-state index in [2.05, 4.69) is 10.2 Å². The van der Waals surface area contributed by atoms with E-state index < -0.39 is 0 Å². The Bertz CT molecular complexity index is 484. The van der Waals surface area contributed by atoms with Crippen molar-refractivity contribution in [3.63, 3.8) is 0 Å². The molecule has 0 aliphatic heterocycles. The van der Waals surface area contributed by atoms with E-state index in [9.17, 15) is 4.39 Å². The Morgan fingerprint density at radius 2 is 1.93 bits per heavy atom. The average Bonchev–Trinajstić information content (AvgIpc) is 2.67. The van der Waals surface area contributed by atoms with Crippen molar-refractivity contribution in [2.75, 3.05) is 0 Å². The molecule has 0 fully saturated rings. The van der Waals surface area contributed by atoms with Crippen LogP contribution in [0.4, 0.5) is 4.39 Å². The molecule has 0 amide bonds. The van der Waals surface area contributed by atoms with Crippen molar-refractivity contribution >= 4 is 11.3 Å². The van der Waals surface area contributed by atoms with Gasteiger partial charge in [0.05, 0.1) is 0 Å². The van der Waals surface area contributed by atoms with Crippen LogP contribution in [0.5, 0.6) is 0 Å². The van der Waals surface area contributed by atoms with Crippen LogP contribution < -0.4 is 0 Å². The summed E-state index contributed by atoms with van der Waals surface area (Å²) in [4.78, 5) is 0. The minimum absolute atomic E-state index is 0.293. The molecule has 0 saturated carbocycles. The standard InChI is InChI=1S/C9H4FN3S/c10-7-3-1-6(2-4-7)9-13-12-8(5-11)14-9/h1-4H. The van der Waals surface area contributed by atoms with Crippen molar-refractivity contribution in [2.24, 2.45) is 0 Å². The van der Waals surface area contributed by atoms with Gasteiger partial charge < -0.3 is 0 Å². The highest BCUT2D eigenvalue weighted by Crippen LogP contribution is 2.22. The first-order chi connectivity index (χ1) is 6.79. The molecule has 2 rings (SSSR count). The van der Waals surface area contributed by atoms with Crippen LogP contribution in [0.2, 0.25) is 0 Å². The molecular formula is C9H4FN3S. The lowest BCUT2D eigenvalue weighted by Gasteiger charge is -1.92. The minimum atomic E-state index is -0.293. The third-order valence-corrected chi connectivity index (χ3v) is 2.49. The number of aromatic nitrogens is 2. The summed E-state index contributed by atoms with van der Waals surface area (Å²) in [5.41, 5.74) is 0.769. The summed E-state index contributed by atoms with van der Waals surface area (Å²) >= 11 is 1.19. The maximum absolute atomic E-state index is 12.6. The van der Waals surface area contributed by atoms with Gasteiger partial charge in [0, 0.05) is 5.56 Å². The number of hydrogen-bond acceptors (Lipinski definition) is 4. The molecule has 0 radical (unpaired) electrons. The molecular weight excluding hydrogens is 201 g/mol. The van der Waals surface area contributed by atoms with Gasteiger partial charge in [-0.25, -0.2) is 4.39 Å². The van der Waals surface area contributed by atoms with E-state index in [1.807, 2.05) is 6.07 Å². The smallest absolute Gasteiger partial charge is 0.207 e. The molecule has 0 aliphatic carbocycles. The number of halogens is 1. The molecule has 0 N–H and O–H groups in total. The first-order valence-corrected chi connectivity index (χ1v) is 4.61. The summed E-state index contributed by atoms with van der Waals surface area (Å²) in [6.07, 6.45) is 0. The third kappa shape index (κ3) is 1.60. The quantitative estimate of drug-likeness (QED) is 0.717. The Morgan fingerprint density at radius 1 is 1.21 bits per heavy atom. The molecule has 68 valence electrons. The van der Waals surface area contributed by atoms with Gasteiger partial charge in [-0.1, -0.05) is 11.3 Å². The van der Waals surface area contributed by atoms with Crippen LogP contribution in [0, 0.1) is 17.1 Å². The second-order valence-corrected chi connectivity index (χ2v) is 3.51. The Morgan fingerprint density at radius 3 is 2.50 bits per heavy atom. The van der Waals surface area contributed by atoms with Gasteiger partial charge in [0.1, 0.15) is 16.9 Å². The van der Waals surface area contributed by atoms with Crippen LogP contribution in [0.1, 0.15) is 5.01 Å². The average molecular weight is 205 g/mol. The molecule has 1 aromatic carbocycles. The van der Waals surface area contributed by atoms with Crippen molar-refractivity contribution in [1.82, 2.24) is 10.2 Å². The van der Waals surface area contributed by atoms with Gasteiger partial charge in [0.2, 0.25) is 5.01 Å². The molecule has 3 nitrogen and oxygen atoms in total. The predicted molar refractivity (Wildman–Crippen MR) is 50.0 cm³/mol. The number of benzene rings is 1. The fourth-order valence-corrected chi connectivity index (χ4v) is 1.62. The lowest BCUT2D eigenvalue weighted by molar-refractivity contribution is 0.628. The maximum Gasteiger partial charge on any atom is 0.218 e. The zero-order valence-corrected chi connectivity index (χ0v) is 7.75. The second kappa shape index (κ2) is 3.52. The van der Waals surface area contributed by atoms with Gasteiger partial charge >= 0.3 is 0 Å². The van der Waals surface area contributed by atoms with Crippen molar-refractivity contribution in [1.29, 1.82) is 5.26 Å². The highest BCUT2D eigenvalue weighted by molar-refractivity contribution is 7.15. The Hall–Kier alpha value is -1.80. The molecule has 0 atom stereocenters. The summed E-state index contributed by atoms with van der Waals surface area (Å²) < 4.78 is 12.6. The van der Waals surface area contributed by atoms with E-state index in [-0.39, 0.29) is 5.82 Å². The van der Waals surface area contributed by atoms with Gasteiger partial charge in [-0.05, 0) is 24.3 Å². The van der Waals surface area contributed by atoms with Crippen molar-refractivity contribution in [3.8, 4) is 16.6 Å². The van der Waals surface area contributed by atoms with Crippen LogP contribution >= 0.6 is 11.3 Å². The van der Waals surface area contributed by atoms with Crippen molar-refractivity contribution in [3.05, 3.63) is 35.1 Å². The lowest BCUT2D eigenvalue weighted by Crippen LogP contribution is -1.77. The fourth-order valence-electron chi connectivity index (χ4n) is 0.978. The van der Waals surface area contributed by atoms with E-state index in [0.717, 1.165) is 5.56 Å². The van der Waals surface area contributed by atoms with E-state index in [0.29, 0.717) is 10.0 Å². The maximum atomic E-state index is 12.6. The number of nitrogens with zero attached hydrogens (tertiary/aromatic N) is 3. The minimum Gasteiger partial charge on any atom is -0.207 e. The van der Waals surface area contributed by atoms with Crippen LogP contribution in [0.25, 0.3) is 10.6 Å². The Kier molecular flexibility index (Phi) is 2.21. The van der Waals surface area contributed by atoms with E-state index >= 15 is 0 Å². The molecule has 2 aromatic rings. The zero-order valence-electron chi connectivity index (χ0n) is 6.94. The number of hydrogen-bond donors (Lipinski definition) is 0. The van der Waals surface area contributed by atoms with E-state index in [1.54, 1.807) is 12.1 Å². The van der Waals surface area contributed by atoms with Crippen molar-refractivity contribution < 1.29 is 4.39 Å². The molecule has 0 spiro atoms. The van der Waals surface area contributed by atoms with Gasteiger partial charge in [-0.15, -0.1) is 10.2 Å². The summed E-state index contributed by atoms with van der Waals surface area (Å²) in [5, 5.41) is 16.9. The van der Waals surface area contributed by atoms with Gasteiger partial charge in [-0.3, -0.25) is 0 Å². The molecule has 0 aliphatic rings. The first-order valence-electron chi connectivity index (χ1n) is 3.79.